The highest BCUT2D eigenvalue weighted by Gasteiger charge is 2.72. The van der Waals surface area contributed by atoms with E-state index in [1.807, 2.05) is 0 Å². The van der Waals surface area contributed by atoms with Gasteiger partial charge in [-0.25, -0.2) is 0 Å². The molecule has 1 heterocycles. The van der Waals surface area contributed by atoms with Crippen LogP contribution in [0.1, 0.15) is 113 Å². The van der Waals surface area contributed by atoms with E-state index >= 15 is 0 Å². The lowest BCUT2D eigenvalue weighted by Gasteiger charge is -2.73. The van der Waals surface area contributed by atoms with E-state index in [1.165, 1.54) is 57.8 Å². The van der Waals surface area contributed by atoms with Gasteiger partial charge in [-0.3, -0.25) is 0 Å². The summed E-state index contributed by atoms with van der Waals surface area (Å²) in [6.07, 6.45) is 13.7. The quantitative estimate of drug-likeness (QED) is 0.428. The predicted octanol–water partition coefficient (Wildman–Crippen LogP) is 7.24. The van der Waals surface area contributed by atoms with Crippen molar-refractivity contribution in [3.05, 3.63) is 0 Å². The minimum atomic E-state index is -0.122. The number of rotatable bonds is 0. The summed E-state index contributed by atoms with van der Waals surface area (Å²) in [5.41, 5.74) is 2.16. The van der Waals surface area contributed by atoms with Crippen molar-refractivity contribution in [2.24, 2.45) is 56.2 Å². The molecule has 0 aromatic carbocycles. The van der Waals surface area contributed by atoms with Crippen molar-refractivity contribution in [3.63, 3.8) is 0 Å². The Morgan fingerprint density at radius 3 is 2.16 bits per heavy atom. The van der Waals surface area contributed by atoms with Crippen LogP contribution < -0.4 is 0 Å². The van der Waals surface area contributed by atoms with Gasteiger partial charge in [0.1, 0.15) is 0 Å². The van der Waals surface area contributed by atoms with Crippen LogP contribution in [0.15, 0.2) is 0 Å². The molecule has 32 heavy (non-hydrogen) atoms. The van der Waals surface area contributed by atoms with Gasteiger partial charge in [0.25, 0.3) is 0 Å². The minimum absolute atomic E-state index is 0.0586. The number of hydrogen-bond donors (Lipinski definition) is 1. The topological polar surface area (TPSA) is 29.5 Å². The van der Waals surface area contributed by atoms with Gasteiger partial charge in [-0.2, -0.15) is 0 Å². The van der Waals surface area contributed by atoms with Crippen molar-refractivity contribution in [3.8, 4) is 0 Å². The third-order valence-corrected chi connectivity index (χ3v) is 14.1. The zero-order chi connectivity index (χ0) is 22.9. The Kier molecular flexibility index (Phi) is 4.46. The molecular formula is C30H50O2. The Morgan fingerprint density at radius 2 is 1.41 bits per heavy atom. The molecule has 1 N–H and O–H groups in total. The highest BCUT2D eigenvalue weighted by molar-refractivity contribution is 5.21. The fraction of sp³-hybridized carbons (Fsp3) is 1.00. The molecule has 182 valence electrons. The molecule has 0 amide bonds. The fourth-order valence-electron chi connectivity index (χ4n) is 12.0. The third-order valence-electron chi connectivity index (χ3n) is 14.1. The van der Waals surface area contributed by atoms with Crippen LogP contribution in [0.5, 0.6) is 0 Å². The molecule has 0 aromatic heterocycles. The number of aliphatic hydroxyl groups excluding tert-OH is 1. The third kappa shape index (κ3) is 2.41. The average Bonchev–Trinajstić information content (AvgIpc) is 3.05. The Labute approximate surface area is 197 Å². The van der Waals surface area contributed by atoms with Crippen LogP contribution in [0.4, 0.5) is 0 Å². The number of ether oxygens (including phenoxy) is 1. The summed E-state index contributed by atoms with van der Waals surface area (Å²) in [4.78, 5) is 0. The van der Waals surface area contributed by atoms with Crippen LogP contribution >= 0.6 is 0 Å². The predicted molar refractivity (Wildman–Crippen MR) is 130 cm³/mol. The van der Waals surface area contributed by atoms with Crippen molar-refractivity contribution in [1.29, 1.82) is 0 Å². The second-order valence-electron chi connectivity index (χ2n) is 15.7. The van der Waals surface area contributed by atoms with E-state index in [2.05, 4.69) is 48.5 Å². The summed E-state index contributed by atoms with van der Waals surface area (Å²) in [6.45, 7) is 18.9. The van der Waals surface area contributed by atoms with Gasteiger partial charge in [-0.1, -0.05) is 48.5 Å². The Hall–Kier alpha value is -0.0800. The standard InChI is InChI=1S/C30H50O2/c1-25(2)14-16-30-17-15-28(6)19(23(30)24(25)32-18-30)8-9-21-27(5)12-11-22(31)26(3,4)20(27)10-13-29(21,28)7/h19-24,31H,8-18H2,1-7H3/t19-,20-,21+,22-,23-,24+,27+,28-,29-,30-/m1/s1. The molecular weight excluding hydrogens is 392 g/mol. The summed E-state index contributed by atoms with van der Waals surface area (Å²) in [5.74, 6) is 3.11. The van der Waals surface area contributed by atoms with Crippen LogP contribution in [-0.2, 0) is 4.74 Å². The normalized spacial score (nSPS) is 60.0. The SMILES string of the molecule is CC1(C)CC[C@]23CC[C@]4(C)[C@H](CC[C@H]5[C@@]6(C)CC[C@@H](O)C(C)(C)[C@H]6CC[C@]54C)[C@@H]2[C@@H]1OC3. The Morgan fingerprint density at radius 1 is 0.688 bits per heavy atom. The second kappa shape index (κ2) is 6.37. The molecule has 0 radical (unpaired) electrons. The summed E-state index contributed by atoms with van der Waals surface area (Å²) >= 11 is 0. The first-order valence-corrected chi connectivity index (χ1v) is 14.1. The molecule has 0 spiro atoms. The first kappa shape index (κ1) is 22.4. The number of aliphatic hydroxyl groups is 1. The van der Waals surface area contributed by atoms with E-state index in [4.69, 9.17) is 4.74 Å². The maximum atomic E-state index is 10.9. The van der Waals surface area contributed by atoms with E-state index in [0.717, 1.165) is 30.8 Å². The number of hydrogen-bond acceptors (Lipinski definition) is 2. The smallest absolute Gasteiger partial charge is 0.0663 e. The fourth-order valence-corrected chi connectivity index (χ4v) is 12.0. The van der Waals surface area contributed by atoms with E-state index in [0.29, 0.717) is 39.1 Å². The van der Waals surface area contributed by atoms with Gasteiger partial charge in [-0.15, -0.1) is 0 Å². The Balaban J connectivity index is 1.39. The van der Waals surface area contributed by atoms with Gasteiger partial charge in [-0.05, 0) is 120 Å². The first-order chi connectivity index (χ1) is 14.8. The molecule has 10 atom stereocenters. The molecule has 5 saturated carbocycles. The molecule has 6 fully saturated rings. The zero-order valence-electron chi connectivity index (χ0n) is 22.1. The molecule has 0 aromatic rings. The lowest BCUT2D eigenvalue weighted by atomic mass is 9.31. The van der Waals surface area contributed by atoms with Crippen LogP contribution in [0, 0.1) is 56.2 Å². The lowest BCUT2D eigenvalue weighted by molar-refractivity contribution is -0.252. The maximum absolute atomic E-state index is 10.9. The van der Waals surface area contributed by atoms with Crippen molar-refractivity contribution in [2.45, 2.75) is 125 Å². The molecule has 6 rings (SSSR count). The van der Waals surface area contributed by atoms with Crippen LogP contribution in [-0.4, -0.2) is 23.9 Å². The zero-order valence-corrected chi connectivity index (χ0v) is 22.1. The van der Waals surface area contributed by atoms with Gasteiger partial charge in [0.15, 0.2) is 0 Å². The van der Waals surface area contributed by atoms with Gasteiger partial charge in [0.05, 0.1) is 18.8 Å². The van der Waals surface area contributed by atoms with Crippen LogP contribution in [0.25, 0.3) is 0 Å². The molecule has 2 nitrogen and oxygen atoms in total. The Bertz CT molecular complexity index is 801. The second-order valence-corrected chi connectivity index (χ2v) is 15.7. The van der Waals surface area contributed by atoms with Crippen molar-refractivity contribution in [1.82, 2.24) is 0 Å². The largest absolute Gasteiger partial charge is 0.393 e. The lowest BCUT2D eigenvalue weighted by Crippen LogP contribution is -2.67. The number of fused-ring (bicyclic) bond motifs is 5. The van der Waals surface area contributed by atoms with Crippen molar-refractivity contribution < 1.29 is 9.84 Å². The van der Waals surface area contributed by atoms with Crippen LogP contribution in [0.2, 0.25) is 0 Å². The van der Waals surface area contributed by atoms with Gasteiger partial charge in [0.2, 0.25) is 0 Å². The van der Waals surface area contributed by atoms with Crippen molar-refractivity contribution >= 4 is 0 Å². The molecule has 0 unspecified atom stereocenters. The molecule has 2 bridgehead atoms. The highest BCUT2D eigenvalue weighted by Crippen LogP contribution is 2.78. The van der Waals surface area contributed by atoms with Gasteiger partial charge >= 0.3 is 0 Å². The average molecular weight is 443 g/mol. The minimum Gasteiger partial charge on any atom is -0.393 e. The molecule has 6 aliphatic rings. The molecule has 5 aliphatic carbocycles. The maximum Gasteiger partial charge on any atom is 0.0663 e. The summed E-state index contributed by atoms with van der Waals surface area (Å²) in [7, 11) is 0. The summed E-state index contributed by atoms with van der Waals surface area (Å²) in [6, 6.07) is 0. The highest BCUT2D eigenvalue weighted by atomic mass is 16.5. The van der Waals surface area contributed by atoms with E-state index in [-0.39, 0.29) is 11.5 Å². The molecule has 1 saturated heterocycles. The first-order valence-electron chi connectivity index (χ1n) is 14.1. The summed E-state index contributed by atoms with van der Waals surface area (Å²) < 4.78 is 6.71. The van der Waals surface area contributed by atoms with Crippen molar-refractivity contribution in [2.75, 3.05) is 6.61 Å². The van der Waals surface area contributed by atoms with E-state index in [1.54, 1.807) is 0 Å². The van der Waals surface area contributed by atoms with Gasteiger partial charge in [0, 0.05) is 0 Å². The summed E-state index contributed by atoms with van der Waals surface area (Å²) in [5, 5.41) is 10.9. The monoisotopic (exact) mass is 442 g/mol. The van der Waals surface area contributed by atoms with Crippen LogP contribution in [0.3, 0.4) is 0 Å². The van der Waals surface area contributed by atoms with E-state index < -0.39 is 0 Å². The molecule has 2 heteroatoms. The van der Waals surface area contributed by atoms with E-state index in [9.17, 15) is 5.11 Å². The van der Waals surface area contributed by atoms with Gasteiger partial charge < -0.3 is 9.84 Å². The molecule has 1 aliphatic heterocycles.